The van der Waals surface area contributed by atoms with E-state index in [9.17, 15) is 4.79 Å². The van der Waals surface area contributed by atoms with Crippen LogP contribution in [-0.2, 0) is 0 Å². The first kappa shape index (κ1) is 9.44. The monoisotopic (exact) mass is 192 g/mol. The molecule has 1 aromatic heterocycles. The van der Waals surface area contributed by atoms with Gasteiger partial charge in [0.15, 0.2) is 0 Å². The zero-order valence-corrected chi connectivity index (χ0v) is 9.14. The fourth-order valence-electron chi connectivity index (χ4n) is 1.77. The minimum absolute atomic E-state index is 0.00944. The van der Waals surface area contributed by atoms with E-state index in [4.69, 9.17) is 0 Å². The molecule has 76 valence electrons. The van der Waals surface area contributed by atoms with Crippen LogP contribution in [0.2, 0.25) is 0 Å². The zero-order valence-electron chi connectivity index (χ0n) is 9.14. The van der Waals surface area contributed by atoms with Crippen molar-refractivity contribution < 1.29 is 0 Å². The lowest BCUT2D eigenvalue weighted by atomic mass is 10.1. The van der Waals surface area contributed by atoms with Crippen molar-refractivity contribution in [1.29, 1.82) is 0 Å². The number of aromatic amines is 1. The highest BCUT2D eigenvalue weighted by Gasteiger charge is 2.48. The van der Waals surface area contributed by atoms with E-state index in [1.54, 1.807) is 0 Å². The van der Waals surface area contributed by atoms with Crippen molar-refractivity contribution in [2.45, 2.75) is 40.0 Å². The molecule has 0 aliphatic heterocycles. The molecule has 3 nitrogen and oxygen atoms in total. The summed E-state index contributed by atoms with van der Waals surface area (Å²) in [4.78, 5) is 18.8. The Kier molecular flexibility index (Phi) is 1.81. The molecule has 0 radical (unpaired) electrons. The topological polar surface area (TPSA) is 45.8 Å². The predicted octanol–water partition coefficient (Wildman–Crippen LogP) is 1.90. The van der Waals surface area contributed by atoms with Crippen molar-refractivity contribution in [3.63, 3.8) is 0 Å². The van der Waals surface area contributed by atoms with E-state index >= 15 is 0 Å². The molecule has 0 bridgehead atoms. The Balaban J connectivity index is 2.43. The van der Waals surface area contributed by atoms with Crippen LogP contribution in [0.4, 0.5) is 0 Å². The van der Waals surface area contributed by atoms with Crippen LogP contribution in [0.25, 0.3) is 0 Å². The highest BCUT2D eigenvalue weighted by molar-refractivity contribution is 5.21. The molecular formula is C11H16N2O. The van der Waals surface area contributed by atoms with Crippen molar-refractivity contribution >= 4 is 0 Å². The maximum atomic E-state index is 11.5. The third kappa shape index (κ3) is 1.37. The quantitative estimate of drug-likeness (QED) is 0.738. The van der Waals surface area contributed by atoms with Crippen LogP contribution in [0.5, 0.6) is 0 Å². The normalized spacial score (nSPS) is 23.6. The lowest BCUT2D eigenvalue weighted by Crippen LogP contribution is -2.16. The molecule has 1 saturated carbocycles. The summed E-state index contributed by atoms with van der Waals surface area (Å²) >= 11 is 0. The second-order valence-electron chi connectivity index (χ2n) is 4.91. The van der Waals surface area contributed by atoms with E-state index in [0.717, 1.165) is 23.5 Å². The Morgan fingerprint density at radius 1 is 1.43 bits per heavy atom. The predicted molar refractivity (Wildman–Crippen MR) is 55.5 cm³/mol. The summed E-state index contributed by atoms with van der Waals surface area (Å²) in [7, 11) is 0. The summed E-state index contributed by atoms with van der Waals surface area (Å²) in [6.07, 6.45) is 1.12. The van der Waals surface area contributed by atoms with Gasteiger partial charge in [0.25, 0.3) is 5.56 Å². The first-order valence-corrected chi connectivity index (χ1v) is 4.99. The fraction of sp³-hybridized carbons (Fsp3) is 0.636. The number of H-pyrrole nitrogens is 1. The van der Waals surface area contributed by atoms with Crippen molar-refractivity contribution in [2.75, 3.05) is 0 Å². The average molecular weight is 192 g/mol. The first-order valence-electron chi connectivity index (χ1n) is 4.99. The Labute approximate surface area is 83.6 Å². The molecule has 3 heteroatoms. The Morgan fingerprint density at radius 3 is 2.43 bits per heavy atom. The van der Waals surface area contributed by atoms with Gasteiger partial charge in [-0.2, -0.15) is 0 Å². The van der Waals surface area contributed by atoms with Gasteiger partial charge in [0.2, 0.25) is 0 Å². The third-order valence-corrected chi connectivity index (χ3v) is 3.26. The van der Waals surface area contributed by atoms with Gasteiger partial charge in [-0.3, -0.25) is 4.79 Å². The molecule has 1 unspecified atom stereocenters. The molecule has 0 aromatic carbocycles. The molecule has 1 aliphatic carbocycles. The molecule has 1 atom stereocenters. The number of hydrogen-bond acceptors (Lipinski definition) is 2. The number of aromatic nitrogens is 2. The van der Waals surface area contributed by atoms with Crippen LogP contribution in [0.15, 0.2) is 4.79 Å². The molecule has 0 spiro atoms. The van der Waals surface area contributed by atoms with E-state index in [2.05, 4.69) is 23.8 Å². The van der Waals surface area contributed by atoms with Crippen molar-refractivity contribution in [1.82, 2.24) is 9.97 Å². The molecule has 1 fully saturated rings. The standard InChI is InChI=1S/C11H16N2O/c1-6-7(2)12-9(13-10(6)14)8-5-11(8,3)4/h8H,5H2,1-4H3,(H,12,13,14). The third-order valence-electron chi connectivity index (χ3n) is 3.26. The fourth-order valence-corrected chi connectivity index (χ4v) is 1.77. The zero-order chi connectivity index (χ0) is 10.5. The summed E-state index contributed by atoms with van der Waals surface area (Å²) < 4.78 is 0. The highest BCUT2D eigenvalue weighted by Crippen LogP contribution is 2.57. The highest BCUT2D eigenvalue weighted by atomic mass is 16.1. The maximum Gasteiger partial charge on any atom is 0.254 e. The summed E-state index contributed by atoms with van der Waals surface area (Å²) in [5, 5.41) is 0. The van der Waals surface area contributed by atoms with Crippen molar-refractivity contribution in [2.24, 2.45) is 5.41 Å². The molecule has 1 aliphatic rings. The van der Waals surface area contributed by atoms with E-state index < -0.39 is 0 Å². The molecule has 1 heterocycles. The number of nitrogens with zero attached hydrogens (tertiary/aromatic N) is 1. The van der Waals surface area contributed by atoms with Crippen LogP contribution in [0, 0.1) is 19.3 Å². The van der Waals surface area contributed by atoms with E-state index in [1.165, 1.54) is 0 Å². The summed E-state index contributed by atoms with van der Waals surface area (Å²) in [6.45, 7) is 8.10. The number of nitrogens with one attached hydrogen (secondary N) is 1. The summed E-state index contributed by atoms with van der Waals surface area (Å²) in [5.41, 5.74) is 1.91. The summed E-state index contributed by atoms with van der Waals surface area (Å²) in [6, 6.07) is 0. The first-order chi connectivity index (χ1) is 6.42. The second kappa shape index (κ2) is 2.69. The van der Waals surface area contributed by atoms with Gasteiger partial charge in [0.05, 0.1) is 0 Å². The van der Waals surface area contributed by atoms with Gasteiger partial charge in [0.1, 0.15) is 5.82 Å². The minimum atomic E-state index is 0.00944. The van der Waals surface area contributed by atoms with Gasteiger partial charge < -0.3 is 4.98 Å². The molecule has 0 saturated heterocycles. The van der Waals surface area contributed by atoms with Gasteiger partial charge in [0, 0.05) is 17.2 Å². The SMILES string of the molecule is Cc1nc(C2CC2(C)C)[nH]c(=O)c1C. The molecule has 14 heavy (non-hydrogen) atoms. The van der Waals surface area contributed by atoms with Gasteiger partial charge in [-0.1, -0.05) is 13.8 Å². The minimum Gasteiger partial charge on any atom is -0.310 e. The smallest absolute Gasteiger partial charge is 0.254 e. The van der Waals surface area contributed by atoms with Gasteiger partial charge >= 0.3 is 0 Å². The molecule has 1 N–H and O–H groups in total. The van der Waals surface area contributed by atoms with E-state index in [1.807, 2.05) is 13.8 Å². The Morgan fingerprint density at radius 2 is 2.00 bits per heavy atom. The van der Waals surface area contributed by atoms with Crippen LogP contribution < -0.4 is 5.56 Å². The van der Waals surface area contributed by atoms with Gasteiger partial charge in [-0.25, -0.2) is 4.98 Å². The van der Waals surface area contributed by atoms with Gasteiger partial charge in [-0.05, 0) is 25.7 Å². The van der Waals surface area contributed by atoms with Crippen LogP contribution >= 0.6 is 0 Å². The summed E-state index contributed by atoms with van der Waals surface area (Å²) in [5.74, 6) is 1.30. The molecule has 2 rings (SSSR count). The molecule has 0 amide bonds. The average Bonchev–Trinajstić information content (AvgIpc) is 2.70. The van der Waals surface area contributed by atoms with Crippen molar-refractivity contribution in [3.05, 3.63) is 27.4 Å². The second-order valence-corrected chi connectivity index (χ2v) is 4.91. The lowest BCUT2D eigenvalue weighted by molar-refractivity contribution is 0.606. The van der Waals surface area contributed by atoms with Gasteiger partial charge in [-0.15, -0.1) is 0 Å². The van der Waals surface area contributed by atoms with E-state index in [0.29, 0.717) is 11.3 Å². The van der Waals surface area contributed by atoms with Crippen LogP contribution in [0.1, 0.15) is 43.3 Å². The number of hydrogen-bond donors (Lipinski definition) is 1. The van der Waals surface area contributed by atoms with Crippen LogP contribution in [0.3, 0.4) is 0 Å². The maximum absolute atomic E-state index is 11.5. The van der Waals surface area contributed by atoms with Crippen molar-refractivity contribution in [3.8, 4) is 0 Å². The van der Waals surface area contributed by atoms with E-state index in [-0.39, 0.29) is 5.56 Å². The molecular weight excluding hydrogens is 176 g/mol. The van der Waals surface area contributed by atoms with Crippen LogP contribution in [-0.4, -0.2) is 9.97 Å². The number of aryl methyl sites for hydroxylation is 1. The lowest BCUT2D eigenvalue weighted by Gasteiger charge is -2.05. The largest absolute Gasteiger partial charge is 0.310 e. The Hall–Kier alpha value is -1.12. The Bertz CT molecular complexity index is 431. The number of rotatable bonds is 1. The molecule has 1 aromatic rings.